The number of aliphatic hydroxyl groups excluding tert-OH is 1. The highest BCUT2D eigenvalue weighted by Crippen LogP contribution is 2.21. The number of benzene rings is 2. The molecule has 0 spiro atoms. The fourth-order valence-electron chi connectivity index (χ4n) is 2.53. The zero-order valence-corrected chi connectivity index (χ0v) is 13.8. The van der Waals surface area contributed by atoms with Crippen molar-refractivity contribution in [2.75, 3.05) is 13.7 Å². The zero-order chi connectivity index (χ0) is 17.6. The summed E-state index contributed by atoms with van der Waals surface area (Å²) in [5.41, 5.74) is 3.02. The SMILES string of the molecule is COc1cccc(C(O)CNC(=O)c2cccc(-c3ccoc3)c2)c1. The molecule has 0 aliphatic carbocycles. The Morgan fingerprint density at radius 3 is 2.76 bits per heavy atom. The van der Waals surface area contributed by atoms with E-state index in [0.29, 0.717) is 16.9 Å². The van der Waals surface area contributed by atoms with Crippen LogP contribution in [0.15, 0.2) is 71.5 Å². The minimum atomic E-state index is -0.809. The molecule has 1 heterocycles. The van der Waals surface area contributed by atoms with Gasteiger partial charge in [-0.25, -0.2) is 0 Å². The first-order valence-electron chi connectivity index (χ1n) is 7.90. The van der Waals surface area contributed by atoms with Crippen LogP contribution in [0.4, 0.5) is 0 Å². The van der Waals surface area contributed by atoms with E-state index in [1.807, 2.05) is 18.2 Å². The van der Waals surface area contributed by atoms with Crippen LogP contribution in [0.3, 0.4) is 0 Å². The highest BCUT2D eigenvalue weighted by Gasteiger charge is 2.12. The molecular formula is C20H19NO4. The second-order valence-electron chi connectivity index (χ2n) is 5.60. The molecule has 1 amide bonds. The normalized spacial score (nSPS) is 11.8. The lowest BCUT2D eigenvalue weighted by molar-refractivity contribution is 0.0916. The smallest absolute Gasteiger partial charge is 0.251 e. The Bertz CT molecular complexity index is 842. The predicted octanol–water partition coefficient (Wildman–Crippen LogP) is 3.42. The molecule has 0 saturated carbocycles. The first-order valence-corrected chi connectivity index (χ1v) is 7.90. The topological polar surface area (TPSA) is 71.7 Å². The van der Waals surface area contributed by atoms with Gasteiger partial charge in [-0.05, 0) is 41.5 Å². The highest BCUT2D eigenvalue weighted by molar-refractivity contribution is 5.95. The number of carbonyl (C=O) groups excluding carboxylic acids is 1. The van der Waals surface area contributed by atoms with Crippen LogP contribution in [0.25, 0.3) is 11.1 Å². The maximum absolute atomic E-state index is 12.4. The number of methoxy groups -OCH3 is 1. The molecule has 0 aliphatic rings. The maximum Gasteiger partial charge on any atom is 0.251 e. The number of hydrogen-bond acceptors (Lipinski definition) is 4. The quantitative estimate of drug-likeness (QED) is 0.723. The molecule has 5 heteroatoms. The lowest BCUT2D eigenvalue weighted by Crippen LogP contribution is -2.28. The second-order valence-corrected chi connectivity index (χ2v) is 5.60. The molecule has 0 aliphatic heterocycles. The van der Waals surface area contributed by atoms with Gasteiger partial charge in [-0.3, -0.25) is 4.79 Å². The molecule has 2 N–H and O–H groups in total. The highest BCUT2D eigenvalue weighted by atomic mass is 16.5. The van der Waals surface area contributed by atoms with Crippen molar-refractivity contribution in [3.8, 4) is 16.9 Å². The molecule has 0 radical (unpaired) electrons. The summed E-state index contributed by atoms with van der Waals surface area (Å²) in [6.07, 6.45) is 2.41. The molecule has 1 unspecified atom stereocenters. The van der Waals surface area contributed by atoms with Gasteiger partial charge < -0.3 is 19.6 Å². The van der Waals surface area contributed by atoms with Crippen molar-refractivity contribution in [1.29, 1.82) is 0 Å². The second kappa shape index (κ2) is 7.68. The molecule has 128 valence electrons. The van der Waals surface area contributed by atoms with Gasteiger partial charge in [0.2, 0.25) is 0 Å². The number of rotatable bonds is 6. The summed E-state index contributed by atoms with van der Waals surface area (Å²) in [4.78, 5) is 12.4. The minimum absolute atomic E-state index is 0.113. The largest absolute Gasteiger partial charge is 0.497 e. The van der Waals surface area contributed by atoms with E-state index < -0.39 is 6.10 Å². The van der Waals surface area contributed by atoms with Crippen LogP contribution in [-0.2, 0) is 0 Å². The molecule has 3 rings (SSSR count). The Morgan fingerprint density at radius 2 is 2.00 bits per heavy atom. The third kappa shape index (κ3) is 4.08. The first kappa shape index (κ1) is 16.8. The van der Waals surface area contributed by atoms with Gasteiger partial charge in [0, 0.05) is 17.7 Å². The summed E-state index contributed by atoms with van der Waals surface area (Å²) in [5.74, 6) is 0.419. The van der Waals surface area contributed by atoms with Crippen molar-refractivity contribution >= 4 is 5.91 Å². The van der Waals surface area contributed by atoms with Gasteiger partial charge in [0.25, 0.3) is 5.91 Å². The van der Waals surface area contributed by atoms with E-state index in [-0.39, 0.29) is 12.5 Å². The molecule has 1 atom stereocenters. The summed E-state index contributed by atoms with van der Waals surface area (Å²) in [6, 6.07) is 16.2. The predicted molar refractivity (Wildman–Crippen MR) is 94.4 cm³/mol. The Balaban J connectivity index is 1.65. The van der Waals surface area contributed by atoms with Gasteiger partial charge in [0.1, 0.15) is 5.75 Å². The third-order valence-corrected chi connectivity index (χ3v) is 3.91. The average molecular weight is 337 g/mol. The number of carbonyl (C=O) groups is 1. The number of nitrogens with one attached hydrogen (secondary N) is 1. The van der Waals surface area contributed by atoms with Crippen LogP contribution in [0.1, 0.15) is 22.0 Å². The molecule has 25 heavy (non-hydrogen) atoms. The molecule has 3 aromatic rings. The van der Waals surface area contributed by atoms with Crippen LogP contribution in [0, 0.1) is 0 Å². The summed E-state index contributed by atoms with van der Waals surface area (Å²) < 4.78 is 10.2. The van der Waals surface area contributed by atoms with Gasteiger partial charge in [-0.15, -0.1) is 0 Å². The van der Waals surface area contributed by atoms with E-state index in [4.69, 9.17) is 9.15 Å². The first-order chi connectivity index (χ1) is 12.2. The molecule has 0 fully saturated rings. The molecule has 0 bridgehead atoms. The Morgan fingerprint density at radius 1 is 1.16 bits per heavy atom. The number of furan rings is 1. The van der Waals surface area contributed by atoms with E-state index in [1.165, 1.54) is 0 Å². The van der Waals surface area contributed by atoms with Crippen LogP contribution >= 0.6 is 0 Å². The van der Waals surface area contributed by atoms with E-state index in [9.17, 15) is 9.90 Å². The fourth-order valence-corrected chi connectivity index (χ4v) is 2.53. The molecule has 1 aromatic heterocycles. The van der Waals surface area contributed by atoms with Crippen LogP contribution in [0.2, 0.25) is 0 Å². The van der Waals surface area contributed by atoms with E-state index in [1.54, 1.807) is 56.0 Å². The van der Waals surface area contributed by atoms with E-state index >= 15 is 0 Å². The van der Waals surface area contributed by atoms with Crippen molar-refractivity contribution in [1.82, 2.24) is 5.32 Å². The molecular weight excluding hydrogens is 318 g/mol. The van der Waals surface area contributed by atoms with Crippen molar-refractivity contribution in [2.45, 2.75) is 6.10 Å². The van der Waals surface area contributed by atoms with Crippen molar-refractivity contribution in [3.63, 3.8) is 0 Å². The van der Waals surface area contributed by atoms with Gasteiger partial charge in [-0.2, -0.15) is 0 Å². The third-order valence-electron chi connectivity index (χ3n) is 3.91. The standard InChI is InChI=1S/C20H19NO4/c1-24-18-7-3-5-15(11-18)19(22)12-21-20(23)16-6-2-4-14(10-16)17-8-9-25-13-17/h2-11,13,19,22H,12H2,1H3,(H,21,23). The monoisotopic (exact) mass is 337 g/mol. The molecule has 0 saturated heterocycles. The summed E-state index contributed by atoms with van der Waals surface area (Å²) in [5, 5.41) is 13.0. The molecule has 5 nitrogen and oxygen atoms in total. The van der Waals surface area contributed by atoms with E-state index in [2.05, 4.69) is 5.32 Å². The van der Waals surface area contributed by atoms with Crippen LogP contribution in [0.5, 0.6) is 5.75 Å². The minimum Gasteiger partial charge on any atom is -0.497 e. The lowest BCUT2D eigenvalue weighted by Gasteiger charge is -2.13. The Hall–Kier alpha value is -3.05. The number of ether oxygens (including phenoxy) is 1. The van der Waals surface area contributed by atoms with Gasteiger partial charge in [0.05, 0.1) is 25.7 Å². The van der Waals surface area contributed by atoms with Gasteiger partial charge in [0.15, 0.2) is 0 Å². The maximum atomic E-state index is 12.4. The van der Waals surface area contributed by atoms with Crippen molar-refractivity contribution < 1.29 is 19.1 Å². The lowest BCUT2D eigenvalue weighted by atomic mass is 10.1. The van der Waals surface area contributed by atoms with Crippen LogP contribution < -0.4 is 10.1 Å². The average Bonchev–Trinajstić information content (AvgIpc) is 3.21. The van der Waals surface area contributed by atoms with E-state index in [0.717, 1.165) is 11.1 Å². The van der Waals surface area contributed by atoms with Crippen LogP contribution in [-0.4, -0.2) is 24.7 Å². The van der Waals surface area contributed by atoms with Crippen molar-refractivity contribution in [2.24, 2.45) is 0 Å². The summed E-state index contributed by atoms with van der Waals surface area (Å²) in [6.45, 7) is 0.113. The van der Waals surface area contributed by atoms with Gasteiger partial charge in [-0.1, -0.05) is 24.3 Å². The Labute approximate surface area is 145 Å². The number of aliphatic hydroxyl groups is 1. The molecule has 2 aromatic carbocycles. The fraction of sp³-hybridized carbons (Fsp3) is 0.150. The number of amides is 1. The number of hydrogen-bond donors (Lipinski definition) is 2. The van der Waals surface area contributed by atoms with Crippen molar-refractivity contribution in [3.05, 3.63) is 78.3 Å². The summed E-state index contributed by atoms with van der Waals surface area (Å²) in [7, 11) is 1.57. The van der Waals surface area contributed by atoms with Gasteiger partial charge >= 0.3 is 0 Å². The zero-order valence-electron chi connectivity index (χ0n) is 13.8. The Kier molecular flexibility index (Phi) is 5.16. The summed E-state index contributed by atoms with van der Waals surface area (Å²) >= 11 is 0.